The maximum atomic E-state index is 13.0. The van der Waals surface area contributed by atoms with Gasteiger partial charge in [-0.1, -0.05) is 53.0 Å². The number of halogens is 3. The zero-order chi connectivity index (χ0) is 24.2. The van der Waals surface area contributed by atoms with Gasteiger partial charge in [-0.25, -0.2) is 0 Å². The molecule has 1 aliphatic rings. The molecule has 8 heteroatoms. The Labute approximate surface area is 216 Å². The SMILES string of the molecule is CCn1c(-c2ccc(Cl)cc2)cc(C(=O)NCCN2CCN(c3cccc(Cl)c3Cl)CC2)c1C. The quantitative estimate of drug-likeness (QED) is 0.416. The van der Waals surface area contributed by atoms with Crippen molar-refractivity contribution in [2.24, 2.45) is 0 Å². The molecule has 0 spiro atoms. The van der Waals surface area contributed by atoms with Gasteiger partial charge in [-0.05, 0) is 49.7 Å². The van der Waals surface area contributed by atoms with Crippen LogP contribution in [0.25, 0.3) is 11.3 Å². The van der Waals surface area contributed by atoms with E-state index in [2.05, 4.69) is 26.6 Å². The third-order valence-electron chi connectivity index (χ3n) is 6.43. The van der Waals surface area contributed by atoms with Crippen LogP contribution in [-0.2, 0) is 6.54 Å². The van der Waals surface area contributed by atoms with Crippen LogP contribution in [0.2, 0.25) is 15.1 Å². The Hall–Kier alpha value is -2.18. The molecule has 1 fully saturated rings. The first-order valence-electron chi connectivity index (χ1n) is 11.5. The van der Waals surface area contributed by atoms with E-state index in [4.69, 9.17) is 34.8 Å². The number of nitrogens with one attached hydrogen (secondary N) is 1. The topological polar surface area (TPSA) is 40.5 Å². The average molecular weight is 520 g/mol. The van der Waals surface area contributed by atoms with Crippen molar-refractivity contribution in [2.45, 2.75) is 20.4 Å². The van der Waals surface area contributed by atoms with Crippen LogP contribution in [0.1, 0.15) is 23.0 Å². The lowest BCUT2D eigenvalue weighted by Gasteiger charge is -2.36. The van der Waals surface area contributed by atoms with Crippen molar-refractivity contribution in [3.8, 4) is 11.3 Å². The highest BCUT2D eigenvalue weighted by Crippen LogP contribution is 2.33. The van der Waals surface area contributed by atoms with E-state index in [9.17, 15) is 4.79 Å². The molecule has 1 aromatic heterocycles. The van der Waals surface area contributed by atoms with Gasteiger partial charge in [0.25, 0.3) is 5.91 Å². The van der Waals surface area contributed by atoms with Crippen LogP contribution in [0.5, 0.6) is 0 Å². The number of benzene rings is 2. The van der Waals surface area contributed by atoms with E-state index in [1.807, 2.05) is 49.4 Å². The molecule has 2 aromatic carbocycles. The molecule has 1 N–H and O–H groups in total. The number of amides is 1. The smallest absolute Gasteiger partial charge is 0.253 e. The summed E-state index contributed by atoms with van der Waals surface area (Å²) < 4.78 is 2.17. The molecule has 0 atom stereocenters. The molecular formula is C26H29Cl3N4O. The van der Waals surface area contributed by atoms with Crippen LogP contribution < -0.4 is 10.2 Å². The van der Waals surface area contributed by atoms with Gasteiger partial charge in [0.05, 0.1) is 21.3 Å². The van der Waals surface area contributed by atoms with Crippen LogP contribution in [0, 0.1) is 6.92 Å². The number of rotatable bonds is 7. The largest absolute Gasteiger partial charge is 0.368 e. The zero-order valence-electron chi connectivity index (χ0n) is 19.5. The van der Waals surface area contributed by atoms with Crippen LogP contribution in [-0.4, -0.2) is 54.6 Å². The summed E-state index contributed by atoms with van der Waals surface area (Å²) in [5.41, 5.74) is 4.74. The van der Waals surface area contributed by atoms with E-state index in [0.717, 1.165) is 61.9 Å². The second-order valence-corrected chi connectivity index (χ2v) is 9.66. The van der Waals surface area contributed by atoms with Gasteiger partial charge in [0.15, 0.2) is 0 Å². The fourth-order valence-corrected chi connectivity index (χ4v) is 5.06. The molecule has 5 nitrogen and oxygen atoms in total. The van der Waals surface area contributed by atoms with E-state index < -0.39 is 0 Å². The molecule has 1 aliphatic heterocycles. The van der Waals surface area contributed by atoms with Gasteiger partial charge in [0.1, 0.15) is 0 Å². The van der Waals surface area contributed by atoms with Gasteiger partial charge in [0.2, 0.25) is 0 Å². The Bertz CT molecular complexity index is 1150. The molecular weight excluding hydrogens is 491 g/mol. The highest BCUT2D eigenvalue weighted by molar-refractivity contribution is 6.43. The van der Waals surface area contributed by atoms with Gasteiger partial charge in [-0.2, -0.15) is 0 Å². The first kappa shape index (κ1) is 24.9. The van der Waals surface area contributed by atoms with Crippen molar-refractivity contribution in [3.63, 3.8) is 0 Å². The standard InChI is InChI=1S/C26H29Cl3N4O/c1-3-33-18(2)21(17-24(33)19-7-9-20(27)10-8-19)26(34)30-11-12-31-13-15-32(16-14-31)23-6-4-5-22(28)25(23)29/h4-10,17H,3,11-16H2,1-2H3,(H,30,34). The number of hydrogen-bond acceptors (Lipinski definition) is 3. The number of piperazine rings is 1. The minimum absolute atomic E-state index is 0.0377. The molecule has 0 saturated carbocycles. The Morgan fingerprint density at radius 2 is 1.71 bits per heavy atom. The Morgan fingerprint density at radius 1 is 1.00 bits per heavy atom. The van der Waals surface area contributed by atoms with Gasteiger partial charge in [-0.15, -0.1) is 0 Å². The number of anilines is 1. The lowest BCUT2D eigenvalue weighted by atomic mass is 10.1. The van der Waals surface area contributed by atoms with Crippen molar-refractivity contribution in [3.05, 3.63) is 74.9 Å². The first-order valence-corrected chi connectivity index (χ1v) is 12.7. The lowest BCUT2D eigenvalue weighted by Crippen LogP contribution is -2.48. The number of carbonyl (C=O) groups is 1. The third kappa shape index (κ3) is 5.38. The highest BCUT2D eigenvalue weighted by Gasteiger charge is 2.21. The molecule has 1 saturated heterocycles. The predicted octanol–water partition coefficient (Wildman–Crippen LogP) is 6.00. The van der Waals surface area contributed by atoms with Crippen molar-refractivity contribution >= 4 is 46.4 Å². The summed E-state index contributed by atoms with van der Waals surface area (Å²) in [5.74, 6) is -0.0377. The predicted molar refractivity (Wildman–Crippen MR) is 143 cm³/mol. The van der Waals surface area contributed by atoms with E-state index in [0.29, 0.717) is 27.2 Å². The molecule has 3 aromatic rings. The Morgan fingerprint density at radius 3 is 2.38 bits per heavy atom. The summed E-state index contributed by atoms with van der Waals surface area (Å²) in [6.07, 6.45) is 0. The molecule has 0 bridgehead atoms. The van der Waals surface area contributed by atoms with Gasteiger partial charge in [0, 0.05) is 62.2 Å². The zero-order valence-corrected chi connectivity index (χ0v) is 21.7. The minimum Gasteiger partial charge on any atom is -0.368 e. The summed E-state index contributed by atoms with van der Waals surface area (Å²) >= 11 is 18.6. The lowest BCUT2D eigenvalue weighted by molar-refractivity contribution is 0.0947. The van der Waals surface area contributed by atoms with Crippen molar-refractivity contribution in [1.29, 1.82) is 0 Å². The number of carbonyl (C=O) groups excluding carboxylic acids is 1. The fourth-order valence-electron chi connectivity index (χ4n) is 4.51. The summed E-state index contributed by atoms with van der Waals surface area (Å²) in [6.45, 7) is 9.84. The van der Waals surface area contributed by atoms with Crippen LogP contribution in [0.4, 0.5) is 5.69 Å². The van der Waals surface area contributed by atoms with E-state index >= 15 is 0 Å². The molecule has 2 heterocycles. The van der Waals surface area contributed by atoms with Crippen LogP contribution >= 0.6 is 34.8 Å². The average Bonchev–Trinajstić information content (AvgIpc) is 3.18. The first-order chi connectivity index (χ1) is 16.4. The monoisotopic (exact) mass is 518 g/mol. The number of aromatic nitrogens is 1. The van der Waals surface area contributed by atoms with Crippen molar-refractivity contribution < 1.29 is 4.79 Å². The summed E-state index contributed by atoms with van der Waals surface area (Å²) in [7, 11) is 0. The summed E-state index contributed by atoms with van der Waals surface area (Å²) in [4.78, 5) is 17.6. The minimum atomic E-state index is -0.0377. The number of nitrogens with zero attached hydrogens (tertiary/aromatic N) is 3. The van der Waals surface area contributed by atoms with Crippen LogP contribution in [0.15, 0.2) is 48.5 Å². The van der Waals surface area contributed by atoms with Gasteiger partial charge < -0.3 is 14.8 Å². The Kier molecular flexibility index (Phi) is 8.10. The third-order valence-corrected chi connectivity index (χ3v) is 7.49. The normalized spacial score (nSPS) is 14.4. The summed E-state index contributed by atoms with van der Waals surface area (Å²) in [6, 6.07) is 15.4. The summed E-state index contributed by atoms with van der Waals surface area (Å²) in [5, 5.41) is 4.99. The number of hydrogen-bond donors (Lipinski definition) is 1. The molecule has 34 heavy (non-hydrogen) atoms. The molecule has 0 unspecified atom stereocenters. The van der Waals surface area contributed by atoms with Gasteiger partial charge in [-0.3, -0.25) is 9.69 Å². The van der Waals surface area contributed by atoms with Crippen LogP contribution in [0.3, 0.4) is 0 Å². The van der Waals surface area contributed by atoms with E-state index in [-0.39, 0.29) is 5.91 Å². The van der Waals surface area contributed by atoms with E-state index in [1.165, 1.54) is 0 Å². The highest BCUT2D eigenvalue weighted by atomic mass is 35.5. The fraction of sp³-hybridized carbons (Fsp3) is 0.346. The molecule has 180 valence electrons. The maximum Gasteiger partial charge on any atom is 0.253 e. The van der Waals surface area contributed by atoms with E-state index in [1.54, 1.807) is 6.07 Å². The molecule has 0 aliphatic carbocycles. The second-order valence-electron chi connectivity index (χ2n) is 8.44. The molecule has 1 amide bonds. The maximum absolute atomic E-state index is 13.0. The molecule has 4 rings (SSSR count). The second kappa shape index (κ2) is 11.0. The van der Waals surface area contributed by atoms with Crippen molar-refractivity contribution in [2.75, 3.05) is 44.2 Å². The van der Waals surface area contributed by atoms with Gasteiger partial charge >= 0.3 is 0 Å². The Balaban J connectivity index is 1.32. The van der Waals surface area contributed by atoms with Crippen molar-refractivity contribution in [1.82, 2.24) is 14.8 Å². The molecule has 0 radical (unpaired) electrons.